The van der Waals surface area contributed by atoms with Gasteiger partial charge in [-0.3, -0.25) is 4.79 Å². The zero-order chi connectivity index (χ0) is 22.6. The quantitative estimate of drug-likeness (QED) is 0.485. The molecule has 6 nitrogen and oxygen atoms in total. The zero-order valence-electron chi connectivity index (χ0n) is 17.4. The predicted octanol–water partition coefficient (Wildman–Crippen LogP) is 4.61. The van der Waals surface area contributed by atoms with Crippen LogP contribution in [0, 0.1) is 13.8 Å². The maximum absolute atomic E-state index is 12.9. The Bertz CT molecular complexity index is 1220. The minimum atomic E-state index is -3.43. The fraction of sp³-hybridized carbons (Fsp3) is 0.174. The van der Waals surface area contributed by atoms with E-state index in [2.05, 4.69) is 16.6 Å². The number of halogens is 1. The average Bonchev–Trinajstić information content (AvgIpc) is 3.02. The van der Waals surface area contributed by atoms with Gasteiger partial charge < -0.3 is 9.88 Å². The first-order valence-electron chi connectivity index (χ1n) is 9.63. The fourth-order valence-electron chi connectivity index (χ4n) is 3.34. The number of nitrogens with zero attached hydrogens (tertiary/aromatic N) is 1. The molecule has 0 saturated carbocycles. The number of anilines is 1. The van der Waals surface area contributed by atoms with E-state index in [4.69, 9.17) is 11.6 Å². The van der Waals surface area contributed by atoms with E-state index in [0.717, 1.165) is 17.1 Å². The molecule has 1 heterocycles. The maximum atomic E-state index is 12.9. The largest absolute Gasteiger partial charge is 0.322 e. The Morgan fingerprint density at radius 3 is 2.48 bits per heavy atom. The number of hydrogen-bond donors (Lipinski definition) is 2. The van der Waals surface area contributed by atoms with E-state index in [1.54, 1.807) is 30.3 Å². The summed E-state index contributed by atoms with van der Waals surface area (Å²) < 4.78 is 28.4. The van der Waals surface area contributed by atoms with Crippen LogP contribution in [0.4, 0.5) is 5.69 Å². The lowest BCUT2D eigenvalue weighted by Gasteiger charge is -2.11. The van der Waals surface area contributed by atoms with Gasteiger partial charge in [0, 0.05) is 34.3 Å². The average molecular weight is 458 g/mol. The van der Waals surface area contributed by atoms with E-state index in [-0.39, 0.29) is 18.2 Å². The van der Waals surface area contributed by atoms with E-state index in [1.165, 1.54) is 6.08 Å². The maximum Gasteiger partial charge on any atom is 0.257 e. The summed E-state index contributed by atoms with van der Waals surface area (Å²) in [6, 6.07) is 16.0. The first-order valence-corrected chi connectivity index (χ1v) is 11.7. The molecule has 0 aliphatic heterocycles. The number of nitrogens with one attached hydrogen (secondary N) is 2. The second-order valence-corrected chi connectivity index (χ2v) is 9.39. The fourth-order valence-corrected chi connectivity index (χ4v) is 4.63. The molecule has 1 aromatic heterocycles. The van der Waals surface area contributed by atoms with Crippen molar-refractivity contribution in [3.8, 4) is 5.69 Å². The van der Waals surface area contributed by atoms with Gasteiger partial charge in [0.2, 0.25) is 10.0 Å². The van der Waals surface area contributed by atoms with E-state index in [9.17, 15) is 13.2 Å². The highest BCUT2D eigenvalue weighted by atomic mass is 35.5. The van der Waals surface area contributed by atoms with Crippen LogP contribution in [0.2, 0.25) is 5.02 Å². The lowest BCUT2D eigenvalue weighted by molar-refractivity contribution is 0.102. The van der Waals surface area contributed by atoms with Crippen molar-refractivity contribution in [3.63, 3.8) is 0 Å². The Morgan fingerprint density at radius 1 is 1.13 bits per heavy atom. The van der Waals surface area contributed by atoms with Gasteiger partial charge in [-0.15, -0.1) is 6.58 Å². The SMILES string of the molecule is C=CCNS(=O)(=O)Cc1ccc(NC(=O)c2cc(C)n(-c3cccc(Cl)c3)c2C)cc1. The molecule has 0 aliphatic carbocycles. The molecule has 162 valence electrons. The minimum Gasteiger partial charge on any atom is -0.322 e. The molecule has 2 aromatic carbocycles. The Morgan fingerprint density at radius 2 is 1.84 bits per heavy atom. The topological polar surface area (TPSA) is 80.2 Å². The lowest BCUT2D eigenvalue weighted by atomic mass is 10.2. The van der Waals surface area contributed by atoms with Gasteiger partial charge in [0.1, 0.15) is 0 Å². The monoisotopic (exact) mass is 457 g/mol. The summed E-state index contributed by atoms with van der Waals surface area (Å²) in [5, 5.41) is 3.49. The molecule has 2 N–H and O–H groups in total. The van der Waals surface area contributed by atoms with E-state index in [0.29, 0.717) is 21.8 Å². The summed E-state index contributed by atoms with van der Waals surface area (Å²) in [7, 11) is -3.43. The molecule has 0 bridgehead atoms. The van der Waals surface area contributed by atoms with E-state index >= 15 is 0 Å². The lowest BCUT2D eigenvalue weighted by Crippen LogP contribution is -2.25. The zero-order valence-corrected chi connectivity index (χ0v) is 18.9. The molecule has 0 radical (unpaired) electrons. The summed E-state index contributed by atoms with van der Waals surface area (Å²) in [4.78, 5) is 12.9. The van der Waals surface area contributed by atoms with Crippen LogP contribution in [0.1, 0.15) is 27.3 Å². The van der Waals surface area contributed by atoms with Crippen molar-refractivity contribution in [2.45, 2.75) is 19.6 Å². The van der Waals surface area contributed by atoms with Crippen LogP contribution in [-0.2, 0) is 15.8 Å². The Balaban J connectivity index is 1.75. The van der Waals surface area contributed by atoms with Crippen LogP contribution in [0.15, 0.2) is 67.3 Å². The highest BCUT2D eigenvalue weighted by molar-refractivity contribution is 7.88. The predicted molar refractivity (Wildman–Crippen MR) is 125 cm³/mol. The first kappa shape index (κ1) is 22.8. The molecule has 0 atom stereocenters. The van der Waals surface area contributed by atoms with Crippen LogP contribution < -0.4 is 10.0 Å². The molecule has 3 aromatic rings. The number of aryl methyl sites for hydroxylation is 1. The number of rotatable bonds is 8. The summed E-state index contributed by atoms with van der Waals surface area (Å²) >= 11 is 6.12. The molecule has 0 aliphatic rings. The third-order valence-electron chi connectivity index (χ3n) is 4.76. The summed E-state index contributed by atoms with van der Waals surface area (Å²) in [5.74, 6) is -0.384. The molecule has 0 saturated heterocycles. The number of benzene rings is 2. The van der Waals surface area contributed by atoms with Crippen molar-refractivity contribution in [2.24, 2.45) is 0 Å². The van der Waals surface area contributed by atoms with Crippen LogP contribution >= 0.6 is 11.6 Å². The van der Waals surface area contributed by atoms with Crippen molar-refractivity contribution < 1.29 is 13.2 Å². The second-order valence-electron chi connectivity index (χ2n) is 7.15. The normalized spacial score (nSPS) is 11.3. The van der Waals surface area contributed by atoms with Crippen molar-refractivity contribution in [2.75, 3.05) is 11.9 Å². The molecule has 3 rings (SSSR count). The van der Waals surface area contributed by atoms with Crippen molar-refractivity contribution >= 4 is 33.2 Å². The summed E-state index contributed by atoms with van der Waals surface area (Å²) in [5.41, 5.74) is 4.35. The van der Waals surface area contributed by atoms with Crippen LogP contribution in [-0.4, -0.2) is 25.4 Å². The Labute approximate surface area is 187 Å². The standard InChI is InChI=1S/C23H24ClN3O3S/c1-4-12-25-31(29,30)15-18-8-10-20(11-9-18)26-23(28)22-13-16(2)27(17(22)3)21-7-5-6-19(24)14-21/h4-11,13-14,25H,1,12,15H2,2-3H3,(H,26,28). The van der Waals surface area contributed by atoms with E-state index in [1.807, 2.05) is 42.7 Å². The van der Waals surface area contributed by atoms with Gasteiger partial charge in [-0.2, -0.15) is 0 Å². The number of sulfonamides is 1. The van der Waals surface area contributed by atoms with Crippen LogP contribution in [0.25, 0.3) is 5.69 Å². The van der Waals surface area contributed by atoms with Crippen molar-refractivity contribution in [3.05, 3.63) is 94.8 Å². The van der Waals surface area contributed by atoms with Gasteiger partial charge in [0.25, 0.3) is 5.91 Å². The molecule has 8 heteroatoms. The molecule has 0 spiro atoms. The number of amides is 1. The Kier molecular flexibility index (Phi) is 7.00. The van der Waals surface area contributed by atoms with Crippen molar-refractivity contribution in [1.82, 2.24) is 9.29 Å². The molecule has 0 unspecified atom stereocenters. The van der Waals surface area contributed by atoms with Crippen LogP contribution in [0.3, 0.4) is 0 Å². The molecular weight excluding hydrogens is 434 g/mol. The highest BCUT2D eigenvalue weighted by Crippen LogP contribution is 2.24. The molecular formula is C23H24ClN3O3S. The van der Waals surface area contributed by atoms with E-state index < -0.39 is 10.0 Å². The first-order chi connectivity index (χ1) is 14.7. The number of carbonyl (C=O) groups excluding carboxylic acids is 1. The summed E-state index contributed by atoms with van der Waals surface area (Å²) in [6.07, 6.45) is 1.49. The van der Waals surface area contributed by atoms with Gasteiger partial charge in [-0.25, -0.2) is 13.1 Å². The Hall–Kier alpha value is -2.87. The number of hydrogen-bond acceptors (Lipinski definition) is 3. The number of aromatic nitrogens is 1. The van der Waals surface area contributed by atoms with Gasteiger partial charge in [-0.1, -0.05) is 35.9 Å². The third-order valence-corrected chi connectivity index (χ3v) is 6.31. The third kappa shape index (κ3) is 5.64. The van der Waals surface area contributed by atoms with Gasteiger partial charge in [0.05, 0.1) is 11.3 Å². The number of carbonyl (C=O) groups is 1. The van der Waals surface area contributed by atoms with Gasteiger partial charge in [-0.05, 0) is 55.8 Å². The van der Waals surface area contributed by atoms with Gasteiger partial charge in [0.15, 0.2) is 0 Å². The van der Waals surface area contributed by atoms with Crippen LogP contribution in [0.5, 0.6) is 0 Å². The second kappa shape index (κ2) is 9.51. The molecule has 1 amide bonds. The molecule has 0 fully saturated rings. The van der Waals surface area contributed by atoms with Crippen molar-refractivity contribution in [1.29, 1.82) is 0 Å². The summed E-state index contributed by atoms with van der Waals surface area (Å²) in [6.45, 7) is 7.49. The van der Waals surface area contributed by atoms with Gasteiger partial charge >= 0.3 is 0 Å². The smallest absolute Gasteiger partial charge is 0.257 e. The molecule has 31 heavy (non-hydrogen) atoms. The minimum absolute atomic E-state index is 0.143. The highest BCUT2D eigenvalue weighted by Gasteiger charge is 2.17.